The smallest absolute Gasteiger partial charge is 0.0138 e. The molecule has 0 bridgehead atoms. The van der Waals surface area contributed by atoms with Crippen molar-refractivity contribution in [2.75, 3.05) is 13.1 Å². The molecule has 0 aliphatic carbocycles. The lowest BCUT2D eigenvalue weighted by atomic mass is 9.69. The van der Waals surface area contributed by atoms with Crippen LogP contribution in [0.25, 0.3) is 0 Å². The zero-order valence-corrected chi connectivity index (χ0v) is 8.99. The maximum Gasteiger partial charge on any atom is 0.0138 e. The van der Waals surface area contributed by atoms with Crippen molar-refractivity contribution in [1.82, 2.24) is 5.32 Å². The van der Waals surface area contributed by atoms with Crippen molar-refractivity contribution in [3.63, 3.8) is 0 Å². The van der Waals surface area contributed by atoms with Gasteiger partial charge in [-0.15, -0.1) is 0 Å². The van der Waals surface area contributed by atoms with Gasteiger partial charge in [0.05, 0.1) is 0 Å². The van der Waals surface area contributed by atoms with Crippen LogP contribution in [0.5, 0.6) is 0 Å². The van der Waals surface area contributed by atoms with Gasteiger partial charge in [0.25, 0.3) is 0 Å². The summed E-state index contributed by atoms with van der Waals surface area (Å²) in [7, 11) is 0. The van der Waals surface area contributed by atoms with E-state index in [1.54, 1.807) is 5.57 Å². The van der Waals surface area contributed by atoms with E-state index < -0.39 is 0 Å². The lowest BCUT2D eigenvalue weighted by Gasteiger charge is -2.39. The molecule has 1 heteroatoms. The van der Waals surface area contributed by atoms with E-state index >= 15 is 0 Å². The van der Waals surface area contributed by atoms with Gasteiger partial charge in [-0.2, -0.15) is 0 Å². The average Bonchev–Trinajstić information content (AvgIpc) is 1.83. The second-order valence-corrected chi connectivity index (χ2v) is 5.38. The highest BCUT2D eigenvalue weighted by Crippen LogP contribution is 2.40. The lowest BCUT2D eigenvalue weighted by molar-refractivity contribution is 0.308. The molecule has 1 aliphatic heterocycles. The molecule has 0 aromatic heterocycles. The van der Waals surface area contributed by atoms with E-state index in [1.165, 1.54) is 0 Å². The third kappa shape index (κ3) is 1.89. The van der Waals surface area contributed by atoms with Crippen LogP contribution in [0.2, 0.25) is 0 Å². The van der Waals surface area contributed by atoms with Crippen LogP contribution in [0.3, 0.4) is 0 Å². The molecule has 12 heavy (non-hydrogen) atoms. The average molecular weight is 167 g/mol. The van der Waals surface area contributed by atoms with Gasteiger partial charge in [-0.1, -0.05) is 46.3 Å². The fourth-order valence-corrected chi connectivity index (χ4v) is 2.25. The first-order valence-corrected chi connectivity index (χ1v) is 4.76. The SMILES string of the molecule is CC(C)(C)C1=CCNCC1(C)C. The van der Waals surface area contributed by atoms with Gasteiger partial charge in [0.1, 0.15) is 0 Å². The van der Waals surface area contributed by atoms with E-state index in [-0.39, 0.29) is 0 Å². The molecular formula is C11H21N. The first-order chi connectivity index (χ1) is 5.34. The maximum absolute atomic E-state index is 3.40. The highest BCUT2D eigenvalue weighted by Gasteiger charge is 2.32. The molecule has 0 atom stereocenters. The van der Waals surface area contributed by atoms with Gasteiger partial charge in [-0.05, 0) is 10.8 Å². The molecule has 1 rings (SSSR count). The van der Waals surface area contributed by atoms with Crippen LogP contribution < -0.4 is 5.32 Å². The van der Waals surface area contributed by atoms with Crippen LogP contribution in [-0.4, -0.2) is 13.1 Å². The van der Waals surface area contributed by atoms with Gasteiger partial charge in [-0.25, -0.2) is 0 Å². The Morgan fingerprint density at radius 2 is 1.92 bits per heavy atom. The maximum atomic E-state index is 3.40. The Morgan fingerprint density at radius 3 is 2.25 bits per heavy atom. The van der Waals surface area contributed by atoms with Crippen molar-refractivity contribution in [3.8, 4) is 0 Å². The predicted octanol–water partition coefficient (Wildman–Crippen LogP) is 2.59. The minimum absolute atomic E-state index is 0.325. The van der Waals surface area contributed by atoms with Crippen LogP contribution in [0, 0.1) is 10.8 Å². The normalized spacial score (nSPS) is 23.6. The van der Waals surface area contributed by atoms with Crippen LogP contribution in [0.15, 0.2) is 11.6 Å². The molecule has 1 heterocycles. The summed E-state index contributed by atoms with van der Waals surface area (Å²) in [6.45, 7) is 13.7. The first-order valence-electron chi connectivity index (χ1n) is 4.76. The van der Waals surface area contributed by atoms with E-state index in [4.69, 9.17) is 0 Å². The zero-order valence-electron chi connectivity index (χ0n) is 8.99. The fourth-order valence-electron chi connectivity index (χ4n) is 2.25. The van der Waals surface area contributed by atoms with Crippen molar-refractivity contribution >= 4 is 0 Å². The van der Waals surface area contributed by atoms with Gasteiger partial charge in [0.15, 0.2) is 0 Å². The fraction of sp³-hybridized carbons (Fsp3) is 0.818. The summed E-state index contributed by atoms with van der Waals surface area (Å²) in [5, 5.41) is 3.40. The Balaban J connectivity index is 2.94. The minimum Gasteiger partial charge on any atom is -0.312 e. The largest absolute Gasteiger partial charge is 0.312 e. The molecule has 0 unspecified atom stereocenters. The van der Waals surface area contributed by atoms with E-state index in [0.717, 1.165) is 13.1 Å². The molecule has 0 amide bonds. The van der Waals surface area contributed by atoms with E-state index in [0.29, 0.717) is 10.8 Å². The molecule has 0 aromatic rings. The second kappa shape index (κ2) is 2.88. The lowest BCUT2D eigenvalue weighted by Crippen LogP contribution is -2.39. The molecule has 70 valence electrons. The van der Waals surface area contributed by atoms with E-state index in [9.17, 15) is 0 Å². The molecular weight excluding hydrogens is 146 g/mol. The highest BCUT2D eigenvalue weighted by molar-refractivity contribution is 5.22. The first kappa shape index (κ1) is 9.79. The molecule has 1 aliphatic rings. The number of rotatable bonds is 0. The summed E-state index contributed by atoms with van der Waals surface area (Å²) < 4.78 is 0. The van der Waals surface area contributed by atoms with Crippen LogP contribution in [0.1, 0.15) is 34.6 Å². The summed E-state index contributed by atoms with van der Waals surface area (Å²) in [5.41, 5.74) is 2.25. The van der Waals surface area contributed by atoms with Crippen LogP contribution >= 0.6 is 0 Å². The molecule has 0 saturated heterocycles. The highest BCUT2D eigenvalue weighted by atomic mass is 14.9. The zero-order chi connectivity index (χ0) is 9.41. The molecule has 0 fully saturated rings. The van der Waals surface area contributed by atoms with E-state index in [2.05, 4.69) is 46.0 Å². The Kier molecular flexibility index (Phi) is 2.35. The molecule has 0 saturated carbocycles. The van der Waals surface area contributed by atoms with Crippen molar-refractivity contribution in [3.05, 3.63) is 11.6 Å². The topological polar surface area (TPSA) is 12.0 Å². The summed E-state index contributed by atoms with van der Waals surface area (Å²) in [4.78, 5) is 0. The Morgan fingerprint density at radius 1 is 1.33 bits per heavy atom. The molecule has 0 spiro atoms. The Hall–Kier alpha value is -0.300. The van der Waals surface area contributed by atoms with Gasteiger partial charge >= 0.3 is 0 Å². The monoisotopic (exact) mass is 167 g/mol. The van der Waals surface area contributed by atoms with Crippen LogP contribution in [-0.2, 0) is 0 Å². The summed E-state index contributed by atoms with van der Waals surface area (Å²) in [6, 6.07) is 0. The van der Waals surface area contributed by atoms with Crippen molar-refractivity contribution in [2.45, 2.75) is 34.6 Å². The Labute approximate surface area is 76.2 Å². The third-order valence-electron chi connectivity index (χ3n) is 2.55. The quantitative estimate of drug-likeness (QED) is 0.547. The molecule has 1 nitrogen and oxygen atoms in total. The summed E-state index contributed by atoms with van der Waals surface area (Å²) >= 11 is 0. The standard InChI is InChI=1S/C11H21N/c1-10(2,3)9-6-7-12-8-11(9,4)5/h6,12H,7-8H2,1-5H3. The molecule has 1 N–H and O–H groups in total. The third-order valence-corrected chi connectivity index (χ3v) is 2.55. The van der Waals surface area contributed by atoms with Gasteiger partial charge in [-0.3, -0.25) is 0 Å². The number of hydrogen-bond acceptors (Lipinski definition) is 1. The molecule has 0 radical (unpaired) electrons. The predicted molar refractivity (Wildman–Crippen MR) is 54.2 cm³/mol. The van der Waals surface area contributed by atoms with Crippen molar-refractivity contribution in [2.24, 2.45) is 10.8 Å². The second-order valence-electron chi connectivity index (χ2n) is 5.38. The van der Waals surface area contributed by atoms with Crippen molar-refractivity contribution < 1.29 is 0 Å². The van der Waals surface area contributed by atoms with Gasteiger partial charge in [0, 0.05) is 13.1 Å². The summed E-state index contributed by atoms with van der Waals surface area (Å²) in [5.74, 6) is 0. The van der Waals surface area contributed by atoms with Crippen molar-refractivity contribution in [1.29, 1.82) is 0 Å². The van der Waals surface area contributed by atoms with Gasteiger partial charge < -0.3 is 5.32 Å². The Bertz CT molecular complexity index is 194. The minimum atomic E-state index is 0.325. The van der Waals surface area contributed by atoms with Crippen LogP contribution in [0.4, 0.5) is 0 Å². The van der Waals surface area contributed by atoms with Gasteiger partial charge in [0.2, 0.25) is 0 Å². The summed E-state index contributed by atoms with van der Waals surface area (Å²) in [6.07, 6.45) is 2.35. The number of nitrogens with one attached hydrogen (secondary N) is 1. The molecule has 0 aromatic carbocycles. The van der Waals surface area contributed by atoms with E-state index in [1.807, 2.05) is 0 Å². The number of hydrogen-bond donors (Lipinski definition) is 1.